The second kappa shape index (κ2) is 5.69. The number of aromatic amines is 1. The quantitative estimate of drug-likeness (QED) is 0.881. The lowest BCUT2D eigenvalue weighted by Gasteiger charge is -2.26. The van der Waals surface area contributed by atoms with Crippen molar-refractivity contribution < 1.29 is 0 Å². The molecule has 3 rings (SSSR count). The van der Waals surface area contributed by atoms with Crippen LogP contribution < -0.4 is 0 Å². The first-order chi connectivity index (χ1) is 9.70. The molecule has 0 aliphatic carbocycles. The summed E-state index contributed by atoms with van der Waals surface area (Å²) >= 11 is 5.49. The van der Waals surface area contributed by atoms with E-state index in [0.717, 1.165) is 41.3 Å². The normalized spacial score (nSPS) is 17.1. The second-order valence-electron chi connectivity index (χ2n) is 5.58. The molecule has 2 aromatic heterocycles. The van der Waals surface area contributed by atoms with Gasteiger partial charge in [-0.05, 0) is 52.0 Å². The summed E-state index contributed by atoms with van der Waals surface area (Å²) in [7, 11) is 0. The predicted octanol–water partition coefficient (Wildman–Crippen LogP) is 2.71. The van der Waals surface area contributed by atoms with Crippen LogP contribution in [0.25, 0.3) is 11.2 Å². The van der Waals surface area contributed by atoms with Gasteiger partial charge in [0.2, 0.25) is 0 Å². The molecule has 0 spiro atoms. The Balaban J connectivity index is 1.86. The summed E-state index contributed by atoms with van der Waals surface area (Å²) < 4.78 is 5.08. The Bertz CT molecular complexity index is 644. The van der Waals surface area contributed by atoms with Gasteiger partial charge < -0.3 is 14.5 Å². The number of likely N-dealkylation sites (tertiary alicyclic amines) is 1. The summed E-state index contributed by atoms with van der Waals surface area (Å²) in [6.45, 7) is 9.52. The number of piperidine rings is 1. The Morgan fingerprint density at radius 1 is 1.20 bits per heavy atom. The Morgan fingerprint density at radius 2 is 1.95 bits per heavy atom. The number of rotatable bonds is 4. The first-order valence-electron chi connectivity index (χ1n) is 7.59. The van der Waals surface area contributed by atoms with Crippen molar-refractivity contribution in [1.82, 2.24) is 24.2 Å². The number of fused-ring (bicyclic) bond motifs is 1. The van der Waals surface area contributed by atoms with Crippen molar-refractivity contribution in [3.8, 4) is 0 Å². The largest absolute Gasteiger partial charge is 0.328 e. The van der Waals surface area contributed by atoms with Crippen molar-refractivity contribution in [3.05, 3.63) is 10.5 Å². The van der Waals surface area contributed by atoms with Gasteiger partial charge in [0.25, 0.3) is 0 Å². The number of hydrogen-bond acceptors (Lipinski definition) is 3. The molecule has 1 aliphatic heterocycles. The maximum atomic E-state index is 5.49. The van der Waals surface area contributed by atoms with Crippen LogP contribution in [-0.2, 0) is 13.1 Å². The minimum absolute atomic E-state index is 0.819. The van der Waals surface area contributed by atoms with Crippen molar-refractivity contribution in [2.75, 3.05) is 19.6 Å². The van der Waals surface area contributed by atoms with Crippen LogP contribution in [0.2, 0.25) is 0 Å². The van der Waals surface area contributed by atoms with Gasteiger partial charge in [-0.25, -0.2) is 4.68 Å². The first-order valence-corrected chi connectivity index (χ1v) is 8.00. The van der Waals surface area contributed by atoms with Crippen LogP contribution in [0.3, 0.4) is 0 Å². The van der Waals surface area contributed by atoms with Gasteiger partial charge in [0.1, 0.15) is 5.52 Å². The Morgan fingerprint density at radius 3 is 2.65 bits per heavy atom. The molecule has 20 heavy (non-hydrogen) atoms. The molecule has 0 unspecified atom stereocenters. The monoisotopic (exact) mass is 293 g/mol. The van der Waals surface area contributed by atoms with E-state index in [1.54, 1.807) is 0 Å². The van der Waals surface area contributed by atoms with Crippen LogP contribution in [0.4, 0.5) is 0 Å². The van der Waals surface area contributed by atoms with Crippen molar-refractivity contribution in [1.29, 1.82) is 0 Å². The summed E-state index contributed by atoms with van der Waals surface area (Å²) in [6.07, 6.45) is 4.05. The third-order valence-corrected chi connectivity index (χ3v) is 4.54. The minimum atomic E-state index is 0.819. The van der Waals surface area contributed by atoms with Gasteiger partial charge in [0.05, 0.1) is 5.69 Å². The molecule has 1 N–H and O–H groups in total. The van der Waals surface area contributed by atoms with Gasteiger partial charge in [0, 0.05) is 19.6 Å². The Hall–Kier alpha value is -1.14. The number of H-pyrrole nitrogens is 1. The highest BCUT2D eigenvalue weighted by molar-refractivity contribution is 7.71. The van der Waals surface area contributed by atoms with Gasteiger partial charge in [-0.2, -0.15) is 5.10 Å². The Kier molecular flexibility index (Phi) is 3.94. The second-order valence-corrected chi connectivity index (χ2v) is 5.97. The number of nitrogens with zero attached hydrogens (tertiary/aromatic N) is 4. The van der Waals surface area contributed by atoms with E-state index in [2.05, 4.69) is 26.5 Å². The molecule has 0 radical (unpaired) electrons. The number of aromatic nitrogens is 4. The molecular weight excluding hydrogens is 270 g/mol. The van der Waals surface area contributed by atoms with E-state index in [1.165, 1.54) is 32.4 Å². The highest BCUT2D eigenvalue weighted by Crippen LogP contribution is 2.18. The third kappa shape index (κ3) is 2.42. The van der Waals surface area contributed by atoms with E-state index < -0.39 is 0 Å². The maximum absolute atomic E-state index is 5.49. The standard InChI is InChI=1S/C14H23N5S/c1-3-19-13-12(11(2)16-19)15-14(20)18(13)10-9-17-7-5-4-6-8-17/h3-10H2,1-2H3,(H,15,20). The molecule has 0 bridgehead atoms. The van der Waals surface area contributed by atoms with E-state index in [0.29, 0.717) is 0 Å². The third-order valence-electron chi connectivity index (χ3n) is 4.22. The van der Waals surface area contributed by atoms with Crippen molar-refractivity contribution in [2.24, 2.45) is 0 Å². The topological polar surface area (TPSA) is 41.8 Å². The molecule has 6 heteroatoms. The summed E-state index contributed by atoms with van der Waals surface area (Å²) in [5, 5.41) is 4.57. The molecule has 1 aliphatic rings. The van der Waals surface area contributed by atoms with Gasteiger partial charge in [0.15, 0.2) is 10.4 Å². The average molecular weight is 293 g/mol. The van der Waals surface area contributed by atoms with Gasteiger partial charge in [-0.3, -0.25) is 0 Å². The van der Waals surface area contributed by atoms with Crippen LogP contribution in [0.5, 0.6) is 0 Å². The molecule has 5 nitrogen and oxygen atoms in total. The molecular formula is C14H23N5S. The number of imidazole rings is 1. The van der Waals surface area contributed by atoms with E-state index in [-0.39, 0.29) is 0 Å². The van der Waals surface area contributed by atoms with E-state index in [1.807, 2.05) is 11.6 Å². The van der Waals surface area contributed by atoms with E-state index in [4.69, 9.17) is 12.2 Å². The smallest absolute Gasteiger partial charge is 0.179 e. The van der Waals surface area contributed by atoms with Gasteiger partial charge in [-0.1, -0.05) is 6.42 Å². The summed E-state index contributed by atoms with van der Waals surface area (Å²) in [5.41, 5.74) is 3.27. The van der Waals surface area contributed by atoms with E-state index in [9.17, 15) is 0 Å². The summed E-state index contributed by atoms with van der Waals surface area (Å²) in [6, 6.07) is 0. The average Bonchev–Trinajstić information content (AvgIpc) is 2.95. The lowest BCUT2D eigenvalue weighted by atomic mass is 10.1. The zero-order chi connectivity index (χ0) is 14.1. The van der Waals surface area contributed by atoms with Crippen molar-refractivity contribution in [3.63, 3.8) is 0 Å². The number of aryl methyl sites for hydroxylation is 2. The lowest BCUT2D eigenvalue weighted by Crippen LogP contribution is -2.32. The van der Waals surface area contributed by atoms with E-state index >= 15 is 0 Å². The molecule has 0 saturated carbocycles. The lowest BCUT2D eigenvalue weighted by molar-refractivity contribution is 0.221. The molecule has 110 valence electrons. The van der Waals surface area contributed by atoms with Crippen LogP contribution in [-0.4, -0.2) is 43.9 Å². The van der Waals surface area contributed by atoms with Gasteiger partial charge >= 0.3 is 0 Å². The minimum Gasteiger partial charge on any atom is -0.328 e. The van der Waals surface area contributed by atoms with Crippen LogP contribution in [0.1, 0.15) is 31.9 Å². The molecule has 0 aromatic carbocycles. The molecule has 3 heterocycles. The molecule has 1 fully saturated rings. The van der Waals surface area contributed by atoms with Crippen molar-refractivity contribution >= 4 is 23.4 Å². The fraction of sp³-hybridized carbons (Fsp3) is 0.714. The molecule has 2 aromatic rings. The highest BCUT2D eigenvalue weighted by Gasteiger charge is 2.15. The predicted molar refractivity (Wildman–Crippen MR) is 83.6 cm³/mol. The van der Waals surface area contributed by atoms with Crippen LogP contribution >= 0.6 is 12.2 Å². The zero-order valence-corrected chi connectivity index (χ0v) is 13.2. The summed E-state index contributed by atoms with van der Waals surface area (Å²) in [5.74, 6) is 0. The molecule has 0 atom stereocenters. The number of nitrogens with one attached hydrogen (secondary N) is 1. The van der Waals surface area contributed by atoms with Crippen LogP contribution in [0.15, 0.2) is 0 Å². The zero-order valence-electron chi connectivity index (χ0n) is 12.4. The molecule has 1 saturated heterocycles. The SMILES string of the molecule is CCn1nc(C)c2[nH]c(=S)n(CCN3CCCCC3)c21. The first kappa shape index (κ1) is 13.8. The maximum Gasteiger partial charge on any atom is 0.179 e. The number of hydrogen-bond donors (Lipinski definition) is 1. The van der Waals surface area contributed by atoms with Gasteiger partial charge in [-0.15, -0.1) is 0 Å². The highest BCUT2D eigenvalue weighted by atomic mass is 32.1. The molecule has 0 amide bonds. The van der Waals surface area contributed by atoms with Crippen molar-refractivity contribution in [2.45, 2.75) is 46.2 Å². The Labute approximate surface area is 124 Å². The summed E-state index contributed by atoms with van der Waals surface area (Å²) in [4.78, 5) is 5.86. The fourth-order valence-electron chi connectivity index (χ4n) is 3.11. The fourth-order valence-corrected chi connectivity index (χ4v) is 3.39. The van der Waals surface area contributed by atoms with Crippen LogP contribution in [0, 0.1) is 11.7 Å².